The highest BCUT2D eigenvalue weighted by Crippen LogP contribution is 2.20. The first-order valence-corrected chi connectivity index (χ1v) is 7.24. The monoisotopic (exact) mass is 310 g/mol. The van der Waals surface area contributed by atoms with Gasteiger partial charge >= 0.3 is 0 Å². The van der Waals surface area contributed by atoms with Crippen molar-refractivity contribution in [2.45, 2.75) is 31.7 Å². The molecule has 1 amide bonds. The molecule has 0 radical (unpaired) electrons. The van der Waals surface area contributed by atoms with Gasteiger partial charge in [0.05, 0.1) is 0 Å². The van der Waals surface area contributed by atoms with Gasteiger partial charge in [0, 0.05) is 30.0 Å². The van der Waals surface area contributed by atoms with E-state index in [1.807, 2.05) is 23.1 Å². The van der Waals surface area contributed by atoms with Crippen LogP contribution in [0.25, 0.3) is 0 Å². The molecule has 0 spiro atoms. The lowest BCUT2D eigenvalue weighted by Gasteiger charge is -2.23. The summed E-state index contributed by atoms with van der Waals surface area (Å²) < 4.78 is 1.08. The number of benzene rings is 1. The molecule has 98 valence electrons. The lowest BCUT2D eigenvalue weighted by Crippen LogP contribution is -2.40. The van der Waals surface area contributed by atoms with E-state index in [1.165, 1.54) is 5.56 Å². The van der Waals surface area contributed by atoms with E-state index in [0.29, 0.717) is 13.0 Å². The number of nitrogens with two attached hydrogens (primary N) is 1. The summed E-state index contributed by atoms with van der Waals surface area (Å²) in [6.07, 6.45) is 3.49. The quantitative estimate of drug-likeness (QED) is 0.928. The average molecular weight is 311 g/mol. The van der Waals surface area contributed by atoms with Gasteiger partial charge < -0.3 is 10.6 Å². The minimum atomic E-state index is 0.235. The number of hydrogen-bond donors (Lipinski definition) is 1. The first kappa shape index (κ1) is 13.6. The van der Waals surface area contributed by atoms with Gasteiger partial charge in [-0.1, -0.05) is 34.1 Å². The van der Waals surface area contributed by atoms with Crippen LogP contribution in [0.4, 0.5) is 0 Å². The Morgan fingerprint density at radius 1 is 1.44 bits per heavy atom. The second kappa shape index (κ2) is 6.34. The van der Waals surface area contributed by atoms with Crippen molar-refractivity contribution in [1.82, 2.24) is 4.90 Å². The lowest BCUT2D eigenvalue weighted by atomic mass is 10.1. The van der Waals surface area contributed by atoms with Gasteiger partial charge in [-0.3, -0.25) is 4.79 Å². The minimum absolute atomic E-state index is 0.235. The summed E-state index contributed by atoms with van der Waals surface area (Å²) in [5, 5.41) is 0. The summed E-state index contributed by atoms with van der Waals surface area (Å²) in [5.41, 5.74) is 6.88. The van der Waals surface area contributed by atoms with Gasteiger partial charge in [-0.25, -0.2) is 0 Å². The van der Waals surface area contributed by atoms with Crippen LogP contribution in [0, 0.1) is 0 Å². The maximum Gasteiger partial charge on any atom is 0.223 e. The maximum atomic E-state index is 12.2. The molecule has 1 unspecified atom stereocenters. The van der Waals surface area contributed by atoms with E-state index in [-0.39, 0.29) is 11.9 Å². The van der Waals surface area contributed by atoms with Crippen LogP contribution in [0.2, 0.25) is 0 Å². The van der Waals surface area contributed by atoms with Crippen molar-refractivity contribution in [2.75, 3.05) is 13.1 Å². The first-order valence-electron chi connectivity index (χ1n) is 6.45. The molecule has 1 saturated heterocycles. The molecule has 4 heteroatoms. The van der Waals surface area contributed by atoms with Crippen molar-refractivity contribution in [3.05, 3.63) is 34.3 Å². The lowest BCUT2D eigenvalue weighted by molar-refractivity contribution is -0.131. The normalized spacial score (nSPS) is 19.2. The summed E-state index contributed by atoms with van der Waals surface area (Å²) >= 11 is 3.51. The van der Waals surface area contributed by atoms with Crippen LogP contribution < -0.4 is 5.73 Å². The van der Waals surface area contributed by atoms with Gasteiger partial charge in [-0.15, -0.1) is 0 Å². The Bertz CT molecular complexity index is 422. The Hall–Kier alpha value is -0.870. The third-order valence-electron chi connectivity index (χ3n) is 3.54. The van der Waals surface area contributed by atoms with E-state index in [2.05, 4.69) is 22.0 Å². The minimum Gasteiger partial charge on any atom is -0.338 e. The molecule has 3 nitrogen and oxygen atoms in total. The Kier molecular flexibility index (Phi) is 4.78. The largest absolute Gasteiger partial charge is 0.338 e. The summed E-state index contributed by atoms with van der Waals surface area (Å²) in [4.78, 5) is 14.1. The third kappa shape index (κ3) is 3.12. The predicted molar refractivity (Wildman–Crippen MR) is 76.3 cm³/mol. The summed E-state index contributed by atoms with van der Waals surface area (Å²) in [6, 6.07) is 8.32. The molecule has 1 fully saturated rings. The highest BCUT2D eigenvalue weighted by Gasteiger charge is 2.26. The average Bonchev–Trinajstić information content (AvgIpc) is 2.86. The topological polar surface area (TPSA) is 46.3 Å². The van der Waals surface area contributed by atoms with Crippen molar-refractivity contribution >= 4 is 21.8 Å². The van der Waals surface area contributed by atoms with E-state index in [0.717, 1.165) is 30.3 Å². The van der Waals surface area contributed by atoms with Gasteiger partial charge in [0.15, 0.2) is 0 Å². The Morgan fingerprint density at radius 2 is 2.22 bits per heavy atom. The van der Waals surface area contributed by atoms with Crippen LogP contribution in [0.1, 0.15) is 24.8 Å². The number of amides is 1. The van der Waals surface area contributed by atoms with E-state index in [9.17, 15) is 4.79 Å². The molecule has 0 saturated carbocycles. The molecule has 1 heterocycles. The van der Waals surface area contributed by atoms with Crippen molar-refractivity contribution < 1.29 is 4.79 Å². The molecule has 1 atom stereocenters. The number of aryl methyl sites for hydroxylation is 1. The van der Waals surface area contributed by atoms with E-state index >= 15 is 0 Å². The van der Waals surface area contributed by atoms with E-state index in [1.54, 1.807) is 0 Å². The first-order chi connectivity index (χ1) is 8.72. The summed E-state index contributed by atoms with van der Waals surface area (Å²) in [6.45, 7) is 1.46. The smallest absolute Gasteiger partial charge is 0.223 e. The van der Waals surface area contributed by atoms with Crippen LogP contribution in [-0.2, 0) is 11.2 Å². The van der Waals surface area contributed by atoms with Crippen LogP contribution >= 0.6 is 15.9 Å². The second-order valence-corrected chi connectivity index (χ2v) is 5.56. The van der Waals surface area contributed by atoms with Crippen molar-refractivity contribution in [3.8, 4) is 0 Å². The molecule has 0 aliphatic carbocycles. The molecule has 2 rings (SSSR count). The standard InChI is InChI=1S/C14H19BrN2O/c15-13-6-2-1-4-11(13)7-8-14(18)17-9-3-5-12(17)10-16/h1-2,4,6,12H,3,5,7-10,16H2. The Labute approximate surface area is 116 Å². The molecule has 0 aromatic heterocycles. The van der Waals surface area contributed by atoms with Gasteiger partial charge in [0.2, 0.25) is 5.91 Å². The van der Waals surface area contributed by atoms with Crippen LogP contribution in [0.15, 0.2) is 28.7 Å². The SMILES string of the molecule is NCC1CCCN1C(=O)CCc1ccccc1Br. The third-order valence-corrected chi connectivity index (χ3v) is 4.31. The number of likely N-dealkylation sites (tertiary alicyclic amines) is 1. The Morgan fingerprint density at radius 3 is 2.94 bits per heavy atom. The summed E-state index contributed by atoms with van der Waals surface area (Å²) in [5.74, 6) is 0.235. The highest BCUT2D eigenvalue weighted by atomic mass is 79.9. The number of carbonyl (C=O) groups excluding carboxylic acids is 1. The highest BCUT2D eigenvalue weighted by molar-refractivity contribution is 9.10. The van der Waals surface area contributed by atoms with Crippen molar-refractivity contribution in [1.29, 1.82) is 0 Å². The van der Waals surface area contributed by atoms with Gasteiger partial charge in [0.1, 0.15) is 0 Å². The van der Waals surface area contributed by atoms with E-state index in [4.69, 9.17) is 5.73 Å². The number of nitrogens with zero attached hydrogens (tertiary/aromatic N) is 1. The van der Waals surface area contributed by atoms with Gasteiger partial charge in [-0.2, -0.15) is 0 Å². The van der Waals surface area contributed by atoms with Gasteiger partial charge in [0.25, 0.3) is 0 Å². The Balaban J connectivity index is 1.90. The van der Waals surface area contributed by atoms with Crippen molar-refractivity contribution in [2.24, 2.45) is 5.73 Å². The van der Waals surface area contributed by atoms with Crippen LogP contribution in [0.3, 0.4) is 0 Å². The molecular weight excluding hydrogens is 292 g/mol. The fourth-order valence-corrected chi connectivity index (χ4v) is 2.98. The van der Waals surface area contributed by atoms with E-state index < -0.39 is 0 Å². The maximum absolute atomic E-state index is 12.2. The number of rotatable bonds is 4. The number of carbonyl (C=O) groups is 1. The van der Waals surface area contributed by atoms with Crippen molar-refractivity contribution in [3.63, 3.8) is 0 Å². The number of halogens is 1. The molecular formula is C14H19BrN2O. The zero-order chi connectivity index (χ0) is 13.0. The molecule has 1 aliphatic heterocycles. The molecule has 18 heavy (non-hydrogen) atoms. The zero-order valence-corrected chi connectivity index (χ0v) is 12.0. The van der Waals surface area contributed by atoms with Crippen LogP contribution in [0.5, 0.6) is 0 Å². The second-order valence-electron chi connectivity index (χ2n) is 4.71. The fourth-order valence-electron chi connectivity index (χ4n) is 2.50. The number of hydrogen-bond acceptors (Lipinski definition) is 2. The van der Waals surface area contributed by atoms with Crippen LogP contribution in [-0.4, -0.2) is 29.9 Å². The summed E-state index contributed by atoms with van der Waals surface area (Å²) in [7, 11) is 0. The molecule has 2 N–H and O–H groups in total. The zero-order valence-electron chi connectivity index (χ0n) is 10.4. The molecule has 1 aromatic carbocycles. The molecule has 1 aromatic rings. The van der Waals surface area contributed by atoms with Gasteiger partial charge in [-0.05, 0) is 30.9 Å². The molecule has 1 aliphatic rings. The fraction of sp³-hybridized carbons (Fsp3) is 0.500. The molecule has 0 bridgehead atoms. The predicted octanol–water partition coefficient (Wildman–Crippen LogP) is 2.33.